The van der Waals surface area contributed by atoms with Gasteiger partial charge in [0.2, 0.25) is 6.54 Å². The number of anilines is 1. The second kappa shape index (κ2) is 10.5. The van der Waals surface area contributed by atoms with E-state index in [-0.39, 0.29) is 18.6 Å². The van der Waals surface area contributed by atoms with Crippen molar-refractivity contribution in [3.8, 4) is 17.3 Å². The van der Waals surface area contributed by atoms with Gasteiger partial charge in [0.05, 0.1) is 16.6 Å². The maximum atomic E-state index is 13.8. The summed E-state index contributed by atoms with van der Waals surface area (Å²) in [6.07, 6.45) is 7.00. The van der Waals surface area contributed by atoms with Crippen LogP contribution in [0.25, 0.3) is 27.1 Å². The van der Waals surface area contributed by atoms with Crippen molar-refractivity contribution in [3.05, 3.63) is 65.3 Å². The van der Waals surface area contributed by atoms with Crippen molar-refractivity contribution in [2.24, 2.45) is 5.92 Å². The summed E-state index contributed by atoms with van der Waals surface area (Å²) in [6, 6.07) is 10.4. The van der Waals surface area contributed by atoms with Crippen LogP contribution in [0.4, 0.5) is 10.2 Å². The third kappa shape index (κ3) is 4.52. The van der Waals surface area contributed by atoms with Gasteiger partial charge in [0.15, 0.2) is 11.5 Å². The van der Waals surface area contributed by atoms with E-state index in [1.165, 1.54) is 40.9 Å². The molecule has 0 bridgehead atoms. The third-order valence-electron chi connectivity index (χ3n) is 10.6. The molecule has 8 rings (SSSR count). The predicted molar refractivity (Wildman–Crippen MR) is 165 cm³/mol. The average Bonchev–Trinajstić information content (AvgIpc) is 3.32. The Bertz CT molecular complexity index is 1710. The van der Waals surface area contributed by atoms with Gasteiger partial charge in [-0.2, -0.15) is 9.97 Å². The summed E-state index contributed by atoms with van der Waals surface area (Å²) in [4.78, 5) is 37.0. The minimum Gasteiger partial charge on any atom is -0.461 e. The minimum absolute atomic E-state index is 0.0423. The van der Waals surface area contributed by atoms with Gasteiger partial charge in [-0.15, -0.1) is 0 Å². The van der Waals surface area contributed by atoms with E-state index in [2.05, 4.69) is 45.5 Å². The Balaban J connectivity index is 1.17. The lowest BCUT2D eigenvalue weighted by atomic mass is 9.95. The number of hydrogen-bond donors (Lipinski definition) is 0. The number of aromatic nitrogens is 3. The Morgan fingerprint density at radius 2 is 1.95 bits per heavy atom. The number of carbonyl (C=O) groups is 1. The van der Waals surface area contributed by atoms with Gasteiger partial charge in [-0.25, -0.2) is 15.9 Å². The molecule has 10 heteroatoms. The van der Waals surface area contributed by atoms with Gasteiger partial charge in [-0.3, -0.25) is 9.69 Å². The van der Waals surface area contributed by atoms with Gasteiger partial charge < -0.3 is 19.4 Å². The monoisotopic (exact) mass is 593 g/mol. The zero-order valence-electron chi connectivity index (χ0n) is 24.8. The second-order valence-electron chi connectivity index (χ2n) is 13.1. The van der Waals surface area contributed by atoms with Crippen molar-refractivity contribution >= 4 is 22.8 Å². The smallest absolute Gasteiger partial charge is 0.320 e. The van der Waals surface area contributed by atoms with Crippen LogP contribution in [0.2, 0.25) is 0 Å². The third-order valence-corrected chi connectivity index (χ3v) is 10.6. The van der Waals surface area contributed by atoms with E-state index in [1.54, 1.807) is 0 Å². The highest BCUT2D eigenvalue weighted by Crippen LogP contribution is 2.58. The summed E-state index contributed by atoms with van der Waals surface area (Å²) in [5, 5.41) is 0.788. The van der Waals surface area contributed by atoms with Crippen LogP contribution in [0.15, 0.2) is 42.7 Å². The van der Waals surface area contributed by atoms with Crippen molar-refractivity contribution in [1.29, 1.82) is 0 Å². The lowest BCUT2D eigenvalue weighted by molar-refractivity contribution is -0.131. The molecule has 226 valence electrons. The molecule has 3 aromatic rings. The fourth-order valence-electron chi connectivity index (χ4n) is 8.38. The molecule has 44 heavy (non-hydrogen) atoms. The molecule has 1 saturated carbocycles. The van der Waals surface area contributed by atoms with Crippen molar-refractivity contribution in [2.75, 3.05) is 50.8 Å². The zero-order chi connectivity index (χ0) is 30.0. The van der Waals surface area contributed by atoms with E-state index in [4.69, 9.17) is 26.3 Å². The van der Waals surface area contributed by atoms with Crippen molar-refractivity contribution in [3.63, 3.8) is 0 Å². The highest BCUT2D eigenvalue weighted by atomic mass is 19.1. The minimum atomic E-state index is -1.01. The topological polar surface area (TPSA) is 79.1 Å². The molecule has 2 aliphatic carbocycles. The standard InChI is InChI=1S/C34H36FN7O2/c1-21(35)32(43)42-15-14-40(19-24(42)18-36-2)31-26-8-9-28(25-7-3-6-22-16-23-17-27(23)29(22)25)37-30(26)38-33(39-31)44-20-34-10-4-12-41(34)13-5-11-34/h3,6-9,23-24,27H,1,4-5,10-20H2/t23?,24-,27?/m0/s1. The summed E-state index contributed by atoms with van der Waals surface area (Å²) < 4.78 is 20.3. The van der Waals surface area contributed by atoms with Gasteiger partial charge >= 0.3 is 6.01 Å². The molecule has 2 unspecified atom stereocenters. The summed E-state index contributed by atoms with van der Waals surface area (Å²) in [7, 11) is 0. The molecule has 2 aromatic heterocycles. The maximum absolute atomic E-state index is 13.8. The number of fused-ring (bicyclic) bond motifs is 5. The SMILES string of the molecule is [C-]#[N+]C[C@H]1CN(c2nc(OCC34CCCN3CCC4)nc3nc(-c4cccc5c4C4CC4C5)ccc23)CCN1C(=O)C(=C)F. The van der Waals surface area contributed by atoms with E-state index in [9.17, 15) is 9.18 Å². The Kier molecular flexibility index (Phi) is 6.56. The first-order valence-electron chi connectivity index (χ1n) is 15.9. The van der Waals surface area contributed by atoms with Gasteiger partial charge in [0.25, 0.3) is 5.91 Å². The summed E-state index contributed by atoms with van der Waals surface area (Å²) in [6.45, 7) is 14.5. The van der Waals surface area contributed by atoms with Gasteiger partial charge in [0, 0.05) is 25.2 Å². The fourth-order valence-corrected chi connectivity index (χ4v) is 8.38. The van der Waals surface area contributed by atoms with E-state index < -0.39 is 17.8 Å². The van der Waals surface area contributed by atoms with Gasteiger partial charge in [-0.1, -0.05) is 24.8 Å². The van der Waals surface area contributed by atoms with Crippen LogP contribution in [0.5, 0.6) is 6.01 Å². The number of piperazine rings is 1. The maximum Gasteiger partial charge on any atom is 0.320 e. The molecule has 5 heterocycles. The van der Waals surface area contributed by atoms with Crippen LogP contribution in [0.3, 0.4) is 0 Å². The van der Waals surface area contributed by atoms with Crippen molar-refractivity contribution in [1.82, 2.24) is 24.8 Å². The summed E-state index contributed by atoms with van der Waals surface area (Å²) >= 11 is 0. The van der Waals surface area contributed by atoms with Crippen molar-refractivity contribution < 1.29 is 13.9 Å². The number of ether oxygens (including phenoxy) is 1. The first-order valence-corrected chi connectivity index (χ1v) is 15.9. The van der Waals surface area contributed by atoms with Gasteiger partial charge in [-0.05, 0) is 86.7 Å². The first-order chi connectivity index (χ1) is 21.4. The molecular weight excluding hydrogens is 557 g/mol. The van der Waals surface area contributed by atoms with Crippen LogP contribution in [0.1, 0.15) is 49.1 Å². The molecule has 1 amide bonds. The van der Waals surface area contributed by atoms with Crippen LogP contribution >= 0.6 is 0 Å². The zero-order valence-corrected chi connectivity index (χ0v) is 24.8. The van der Waals surface area contributed by atoms with Crippen LogP contribution in [-0.4, -0.2) is 88.1 Å². The Morgan fingerprint density at radius 3 is 2.75 bits per heavy atom. The molecule has 3 saturated heterocycles. The predicted octanol–water partition coefficient (Wildman–Crippen LogP) is 4.78. The normalized spacial score (nSPS) is 25.0. The molecule has 4 fully saturated rings. The highest BCUT2D eigenvalue weighted by molar-refractivity contribution is 5.92. The van der Waals surface area contributed by atoms with Crippen LogP contribution < -0.4 is 9.64 Å². The Morgan fingerprint density at radius 1 is 1.11 bits per heavy atom. The number of hydrogen-bond acceptors (Lipinski definition) is 7. The summed E-state index contributed by atoms with van der Waals surface area (Å²) in [5.74, 6) is 0.307. The number of nitrogens with zero attached hydrogens (tertiary/aromatic N) is 7. The van der Waals surface area contributed by atoms with Crippen LogP contribution in [-0.2, 0) is 11.2 Å². The van der Waals surface area contributed by atoms with E-state index in [0.29, 0.717) is 43.1 Å². The highest BCUT2D eigenvalue weighted by Gasteiger charge is 2.47. The Labute approximate surface area is 256 Å². The number of carbonyl (C=O) groups excluding carboxylic acids is 1. The van der Waals surface area contributed by atoms with E-state index in [0.717, 1.165) is 49.4 Å². The second-order valence-corrected chi connectivity index (χ2v) is 13.1. The molecule has 0 N–H and O–H groups in total. The molecule has 0 spiro atoms. The summed E-state index contributed by atoms with van der Waals surface area (Å²) in [5.41, 5.74) is 5.56. The average molecular weight is 594 g/mol. The Hall–Kier alpha value is -4.10. The molecule has 9 nitrogen and oxygen atoms in total. The van der Waals surface area contributed by atoms with Crippen molar-refractivity contribution in [2.45, 2.75) is 56.0 Å². The van der Waals surface area contributed by atoms with E-state index >= 15 is 0 Å². The van der Waals surface area contributed by atoms with E-state index in [1.807, 2.05) is 6.07 Å². The van der Waals surface area contributed by atoms with Gasteiger partial charge in [0.1, 0.15) is 18.5 Å². The molecular formula is C34H36FN7O2. The number of pyridine rings is 1. The molecule has 5 aliphatic rings. The number of benzene rings is 1. The molecule has 0 radical (unpaired) electrons. The number of rotatable bonds is 7. The quantitative estimate of drug-likeness (QED) is 0.288. The molecule has 3 aliphatic heterocycles. The lowest BCUT2D eigenvalue weighted by Gasteiger charge is -2.39. The number of halogens is 1. The molecule has 3 atom stereocenters. The first kappa shape index (κ1) is 27.4. The van der Waals surface area contributed by atoms with Crippen LogP contribution in [0, 0.1) is 12.5 Å². The lowest BCUT2D eigenvalue weighted by Crippen LogP contribution is -2.56. The fraction of sp³-hybridized carbons (Fsp3) is 0.500. The molecule has 1 aromatic carbocycles. The largest absolute Gasteiger partial charge is 0.461 e. The number of amides is 1.